The van der Waals surface area contributed by atoms with Gasteiger partial charge in [0.25, 0.3) is 0 Å². The lowest BCUT2D eigenvalue weighted by Gasteiger charge is -2.25. The summed E-state index contributed by atoms with van der Waals surface area (Å²) < 4.78 is 5.89. The van der Waals surface area contributed by atoms with Crippen molar-refractivity contribution in [1.29, 1.82) is 0 Å². The van der Waals surface area contributed by atoms with Crippen LogP contribution < -0.4 is 5.32 Å². The van der Waals surface area contributed by atoms with Gasteiger partial charge in [-0.2, -0.15) is 0 Å². The zero-order chi connectivity index (χ0) is 14.0. The number of hydrogen-bond acceptors (Lipinski definition) is 3. The van der Waals surface area contributed by atoms with Crippen molar-refractivity contribution in [3.8, 4) is 0 Å². The molecule has 0 bridgehead atoms. The Morgan fingerprint density at radius 1 is 1.37 bits per heavy atom. The fourth-order valence-corrected chi connectivity index (χ4v) is 2.12. The van der Waals surface area contributed by atoms with E-state index in [0.717, 1.165) is 11.3 Å². The van der Waals surface area contributed by atoms with E-state index in [4.69, 9.17) is 4.42 Å². The first-order valence-corrected chi connectivity index (χ1v) is 6.55. The normalized spacial score (nSPS) is 13.8. The summed E-state index contributed by atoms with van der Waals surface area (Å²) in [5.41, 5.74) is 0.468. The van der Waals surface area contributed by atoms with E-state index in [2.05, 4.69) is 21.2 Å². The molecule has 0 spiro atoms. The number of halogens is 1. The number of benzene rings is 1. The summed E-state index contributed by atoms with van der Waals surface area (Å²) in [4.78, 5) is 11.6. The Balaban J connectivity index is 2.38. The van der Waals surface area contributed by atoms with Gasteiger partial charge < -0.3 is 14.8 Å². The van der Waals surface area contributed by atoms with Crippen LogP contribution in [0.2, 0.25) is 0 Å². The lowest BCUT2D eigenvalue weighted by atomic mass is 9.98. The molecule has 0 saturated heterocycles. The van der Waals surface area contributed by atoms with Crippen LogP contribution in [0, 0.1) is 6.92 Å². The third-order valence-corrected chi connectivity index (χ3v) is 3.33. The van der Waals surface area contributed by atoms with Crippen LogP contribution in [-0.2, 0) is 10.3 Å². The molecule has 19 heavy (non-hydrogen) atoms. The molecule has 0 aliphatic rings. The summed E-state index contributed by atoms with van der Waals surface area (Å²) in [6.07, 6.45) is 0. The van der Waals surface area contributed by atoms with Crippen molar-refractivity contribution in [3.63, 3.8) is 0 Å². The average Bonchev–Trinajstić information content (AvgIpc) is 2.76. The lowest BCUT2D eigenvalue weighted by molar-refractivity contribution is -0.142. The van der Waals surface area contributed by atoms with Gasteiger partial charge >= 0.3 is 5.97 Å². The molecule has 4 nitrogen and oxygen atoms in total. The second-order valence-electron chi connectivity index (χ2n) is 4.53. The van der Waals surface area contributed by atoms with Crippen LogP contribution in [0.4, 0.5) is 5.69 Å². The number of anilines is 1. The number of carboxylic acids is 1. The number of carboxylic acid groups (broad SMARTS) is 1. The highest BCUT2D eigenvalue weighted by Crippen LogP contribution is 2.30. The number of aryl methyl sites for hydroxylation is 1. The first-order valence-electron chi connectivity index (χ1n) is 5.76. The summed E-state index contributed by atoms with van der Waals surface area (Å²) in [5.74, 6) is -0.663. The van der Waals surface area contributed by atoms with E-state index in [9.17, 15) is 9.90 Å². The number of carbonyl (C=O) groups is 1. The maximum absolute atomic E-state index is 11.6. The van der Waals surface area contributed by atoms with Crippen LogP contribution in [0.1, 0.15) is 18.2 Å². The van der Waals surface area contributed by atoms with E-state index in [0.29, 0.717) is 10.4 Å². The lowest BCUT2D eigenvalue weighted by Crippen LogP contribution is -2.40. The summed E-state index contributed by atoms with van der Waals surface area (Å²) in [5, 5.41) is 12.5. The average molecular weight is 324 g/mol. The second-order valence-corrected chi connectivity index (χ2v) is 5.31. The minimum absolute atomic E-state index is 0.341. The van der Waals surface area contributed by atoms with E-state index < -0.39 is 11.5 Å². The molecular weight excluding hydrogens is 310 g/mol. The van der Waals surface area contributed by atoms with Crippen molar-refractivity contribution >= 4 is 27.6 Å². The number of nitrogens with one attached hydrogen (secondary N) is 1. The Morgan fingerprint density at radius 3 is 2.63 bits per heavy atom. The Morgan fingerprint density at radius 2 is 2.11 bits per heavy atom. The molecule has 2 N–H and O–H groups in total. The number of furan rings is 1. The molecule has 0 aliphatic heterocycles. The first kappa shape index (κ1) is 13.7. The fraction of sp³-hybridized carbons (Fsp3) is 0.214. The predicted octanol–water partition coefficient (Wildman–Crippen LogP) is 3.76. The van der Waals surface area contributed by atoms with Crippen molar-refractivity contribution in [2.24, 2.45) is 0 Å². The SMILES string of the molecule is Cc1cccc(NC(C)(C(=O)O)c2ccc(Br)o2)c1. The minimum Gasteiger partial charge on any atom is -0.479 e. The topological polar surface area (TPSA) is 62.5 Å². The van der Waals surface area contributed by atoms with E-state index in [-0.39, 0.29) is 0 Å². The Bertz CT molecular complexity index is 608. The van der Waals surface area contributed by atoms with Crippen LogP contribution in [0.3, 0.4) is 0 Å². The number of hydrogen-bond donors (Lipinski definition) is 2. The molecule has 5 heteroatoms. The van der Waals surface area contributed by atoms with Crippen molar-refractivity contribution in [2.45, 2.75) is 19.4 Å². The van der Waals surface area contributed by atoms with Gasteiger partial charge in [-0.1, -0.05) is 12.1 Å². The third-order valence-electron chi connectivity index (χ3n) is 2.91. The zero-order valence-electron chi connectivity index (χ0n) is 10.6. The molecule has 2 rings (SSSR count). The van der Waals surface area contributed by atoms with Crippen LogP contribution >= 0.6 is 15.9 Å². The number of aliphatic carboxylic acids is 1. The van der Waals surface area contributed by atoms with Crippen molar-refractivity contribution in [2.75, 3.05) is 5.32 Å². The molecule has 0 aliphatic carbocycles. The van der Waals surface area contributed by atoms with Crippen molar-refractivity contribution < 1.29 is 14.3 Å². The quantitative estimate of drug-likeness (QED) is 0.899. The van der Waals surface area contributed by atoms with Crippen LogP contribution in [0.15, 0.2) is 45.5 Å². The molecule has 1 aromatic heterocycles. The summed E-state index contributed by atoms with van der Waals surface area (Å²) in [6.45, 7) is 3.52. The molecule has 0 radical (unpaired) electrons. The number of rotatable bonds is 4. The smallest absolute Gasteiger partial charge is 0.337 e. The standard InChI is InChI=1S/C14H14BrNO3/c1-9-4-3-5-10(8-9)16-14(2,13(17)18)11-6-7-12(15)19-11/h3-8,16H,1-2H3,(H,17,18). The molecule has 1 unspecified atom stereocenters. The van der Waals surface area contributed by atoms with Gasteiger partial charge in [-0.05, 0) is 59.6 Å². The monoisotopic (exact) mass is 323 g/mol. The summed E-state index contributed by atoms with van der Waals surface area (Å²) in [6, 6.07) is 10.9. The van der Waals surface area contributed by atoms with Gasteiger partial charge in [0.15, 0.2) is 10.2 Å². The largest absolute Gasteiger partial charge is 0.479 e. The predicted molar refractivity (Wildman–Crippen MR) is 76.2 cm³/mol. The molecule has 0 saturated carbocycles. The van der Waals surface area contributed by atoms with Crippen LogP contribution in [0.25, 0.3) is 0 Å². The molecular formula is C14H14BrNO3. The Labute approximate surface area is 119 Å². The van der Waals surface area contributed by atoms with Crippen molar-refractivity contribution in [3.05, 3.63) is 52.4 Å². The molecule has 100 valence electrons. The molecule has 2 aromatic rings. The van der Waals surface area contributed by atoms with Gasteiger partial charge in [-0.3, -0.25) is 0 Å². The van der Waals surface area contributed by atoms with Gasteiger partial charge in [-0.25, -0.2) is 4.79 Å². The Hall–Kier alpha value is -1.75. The molecule has 0 amide bonds. The van der Waals surface area contributed by atoms with E-state index in [1.807, 2.05) is 31.2 Å². The van der Waals surface area contributed by atoms with E-state index in [1.165, 1.54) is 0 Å². The van der Waals surface area contributed by atoms with Gasteiger partial charge in [0.1, 0.15) is 5.76 Å². The summed E-state index contributed by atoms with van der Waals surface area (Å²) >= 11 is 3.18. The molecule has 1 aromatic carbocycles. The zero-order valence-corrected chi connectivity index (χ0v) is 12.2. The van der Waals surface area contributed by atoms with Crippen molar-refractivity contribution in [1.82, 2.24) is 0 Å². The Kier molecular flexibility index (Phi) is 3.66. The fourth-order valence-electron chi connectivity index (χ4n) is 1.81. The van der Waals surface area contributed by atoms with E-state index in [1.54, 1.807) is 19.1 Å². The summed E-state index contributed by atoms with van der Waals surface area (Å²) in [7, 11) is 0. The van der Waals surface area contributed by atoms with Crippen LogP contribution in [-0.4, -0.2) is 11.1 Å². The van der Waals surface area contributed by atoms with Gasteiger partial charge in [0, 0.05) is 5.69 Å². The highest BCUT2D eigenvalue weighted by atomic mass is 79.9. The maximum Gasteiger partial charge on any atom is 0.337 e. The minimum atomic E-state index is -1.32. The molecule has 1 heterocycles. The van der Waals surface area contributed by atoms with Gasteiger partial charge in [0.2, 0.25) is 0 Å². The maximum atomic E-state index is 11.6. The highest BCUT2D eigenvalue weighted by Gasteiger charge is 2.38. The van der Waals surface area contributed by atoms with Gasteiger partial charge in [-0.15, -0.1) is 0 Å². The molecule has 0 fully saturated rings. The molecule has 1 atom stereocenters. The van der Waals surface area contributed by atoms with Crippen LogP contribution in [0.5, 0.6) is 0 Å². The van der Waals surface area contributed by atoms with Gasteiger partial charge in [0.05, 0.1) is 0 Å². The highest BCUT2D eigenvalue weighted by molar-refractivity contribution is 9.10. The third kappa shape index (κ3) is 2.81. The second kappa shape index (κ2) is 5.09. The first-order chi connectivity index (χ1) is 8.91. The van der Waals surface area contributed by atoms with E-state index >= 15 is 0 Å².